The number of unbranched alkanes of at least 4 members (excludes halogenated alkanes) is 27. The number of rotatable bonds is 76. The molecule has 0 aromatic heterocycles. The van der Waals surface area contributed by atoms with Gasteiger partial charge in [0.05, 0.1) is 32.8 Å². The van der Waals surface area contributed by atoms with Crippen molar-refractivity contribution in [2.75, 3.05) is 39.6 Å². The quantitative estimate of drug-likeness (QED) is 0.0169. The average Bonchev–Trinajstić information content (AvgIpc) is 0.901. The van der Waals surface area contributed by atoms with Crippen LogP contribution in [0.3, 0.4) is 0 Å². The Morgan fingerprint density at radius 2 is 0.528 bits per heavy atom. The van der Waals surface area contributed by atoms with Crippen molar-refractivity contribution in [3.8, 4) is 0 Å². The van der Waals surface area contributed by atoms with E-state index >= 15 is 0 Å². The summed E-state index contributed by atoms with van der Waals surface area (Å²) in [4.78, 5) is 73.0. The third-order valence-corrected chi connectivity index (χ3v) is 18.7. The van der Waals surface area contributed by atoms with E-state index in [4.69, 9.17) is 37.0 Å². The molecule has 0 aliphatic carbocycles. The Labute approximate surface area is 643 Å². The van der Waals surface area contributed by atoms with Gasteiger partial charge in [0.1, 0.15) is 19.3 Å². The minimum atomic E-state index is -5.00. The highest BCUT2D eigenvalue weighted by Crippen LogP contribution is 2.45. The largest absolute Gasteiger partial charge is 0.472 e. The lowest BCUT2D eigenvalue weighted by atomic mass is 10.0. The second-order valence-corrected chi connectivity index (χ2v) is 29.9. The fourth-order valence-electron chi connectivity index (χ4n) is 10.6. The minimum Gasteiger partial charge on any atom is -0.462 e. The van der Waals surface area contributed by atoms with E-state index in [1.54, 1.807) is 6.08 Å². The predicted molar refractivity (Wildman–Crippen MR) is 436 cm³/mol. The smallest absolute Gasteiger partial charge is 0.462 e. The Kier molecular flexibility index (Phi) is 74.3. The molecule has 0 bridgehead atoms. The van der Waals surface area contributed by atoms with Crippen LogP contribution >= 0.6 is 15.6 Å². The van der Waals surface area contributed by atoms with E-state index in [0.29, 0.717) is 25.7 Å². The molecule has 0 aliphatic heterocycles. The maximum Gasteiger partial charge on any atom is 0.472 e. The Bertz CT molecular complexity index is 2580. The molecule has 0 radical (unpaired) electrons. The number of carbonyl (C=O) groups excluding carboxylic acids is 4. The highest BCUT2D eigenvalue weighted by atomic mass is 31.2. The number of aliphatic hydroxyl groups excluding tert-OH is 1. The van der Waals surface area contributed by atoms with Gasteiger partial charge in [-0.1, -0.05) is 315 Å². The number of ether oxygens (including phenoxy) is 4. The molecule has 5 unspecified atom stereocenters. The molecule has 0 saturated carbocycles. The summed E-state index contributed by atoms with van der Waals surface area (Å²) in [5.41, 5.74) is 0. The summed E-state index contributed by atoms with van der Waals surface area (Å²) in [7, 11) is -10.00. The van der Waals surface area contributed by atoms with Crippen molar-refractivity contribution < 1.29 is 80.2 Å². The van der Waals surface area contributed by atoms with Crippen LogP contribution in [0.2, 0.25) is 0 Å². The normalized spacial score (nSPS) is 14.6. The zero-order chi connectivity index (χ0) is 77.4. The van der Waals surface area contributed by atoms with Crippen LogP contribution in [0, 0.1) is 0 Å². The van der Waals surface area contributed by atoms with Gasteiger partial charge in [0.2, 0.25) is 0 Å². The van der Waals surface area contributed by atoms with Crippen molar-refractivity contribution in [1.29, 1.82) is 0 Å². The molecule has 0 saturated heterocycles. The van der Waals surface area contributed by atoms with Crippen LogP contribution in [-0.2, 0) is 65.4 Å². The zero-order valence-electron chi connectivity index (χ0n) is 66.3. The Balaban J connectivity index is 5.44. The fraction of sp³-hybridized carbons (Fsp3) is 0.678. The van der Waals surface area contributed by atoms with Gasteiger partial charge in [-0.05, 0) is 128 Å². The van der Waals surface area contributed by atoms with Crippen LogP contribution < -0.4 is 0 Å². The standard InChI is InChI=1S/C87H146O17P2/c1-5-9-13-17-21-25-29-33-36-38-40-42-45-49-52-56-60-64-68-72-85(90)98-78-83(104-87(92)74-70-66-62-58-54-50-46-43-41-39-37-34-30-26-22-18-14-10-6-2)80-102-106(95,96)100-76-81(88)75-99-105(93,94)101-79-82(103-86(91)73-69-65-61-57-53-47-32-28-24-20-16-12-8-4)77-97-84(89)71-67-63-59-55-51-48-44-35-31-27-23-19-15-11-7-3/h9,11,13,15,21-23,25-27,33-37,40-44,51,55,63,67,81-83,88H,5-8,10,12,14,16-20,24,28-32,38-39,45-50,52-54,56-62,64-66,68-80H2,1-4H3,(H,93,94)(H,95,96)/b13-9-,15-11-,25-21-,26-22-,27-23-,36-33-,37-34-,42-40-,43-41-,44-35-,55-51-,67-63-. The third kappa shape index (κ3) is 77.1. The van der Waals surface area contributed by atoms with Crippen LogP contribution in [0.5, 0.6) is 0 Å². The SMILES string of the molecule is CC/C=C\C/C=C\C/C=C\C/C=C\C/C=C\CC(=O)OCC(COP(=O)(O)OCC(O)COP(=O)(O)OCC(COC(=O)CCCCCCCC/C=C\C/C=C\C/C=C\C/C=C\CC)OC(=O)CCCCCCCC/C=C\C/C=C\C/C=C\CCCCC)OC(=O)CCCCCCCCCCCCCCC. The van der Waals surface area contributed by atoms with Crippen LogP contribution in [0.15, 0.2) is 146 Å². The Hall–Kier alpha value is -5.06. The summed E-state index contributed by atoms with van der Waals surface area (Å²) in [6, 6.07) is 0. The first-order valence-electron chi connectivity index (χ1n) is 41.1. The maximum atomic E-state index is 13.1. The van der Waals surface area contributed by atoms with Crippen LogP contribution in [0.25, 0.3) is 0 Å². The van der Waals surface area contributed by atoms with Gasteiger partial charge in [0.15, 0.2) is 12.2 Å². The highest BCUT2D eigenvalue weighted by molar-refractivity contribution is 7.47. The molecule has 0 fully saturated rings. The number of esters is 4. The van der Waals surface area contributed by atoms with E-state index < -0.39 is 97.5 Å². The van der Waals surface area contributed by atoms with E-state index in [1.165, 1.54) is 70.6 Å². The van der Waals surface area contributed by atoms with Gasteiger partial charge in [-0.25, -0.2) is 9.13 Å². The highest BCUT2D eigenvalue weighted by Gasteiger charge is 2.30. The second-order valence-electron chi connectivity index (χ2n) is 27.0. The number of allylic oxidation sites excluding steroid dienone is 23. The van der Waals surface area contributed by atoms with Crippen LogP contribution in [0.1, 0.15) is 323 Å². The molecule has 0 amide bonds. The van der Waals surface area contributed by atoms with Gasteiger partial charge >= 0.3 is 39.5 Å². The number of aliphatic hydroxyl groups is 1. The summed E-state index contributed by atoms with van der Waals surface area (Å²) < 4.78 is 68.6. The van der Waals surface area contributed by atoms with Crippen molar-refractivity contribution in [3.05, 3.63) is 146 Å². The lowest BCUT2D eigenvalue weighted by Crippen LogP contribution is -2.30. The molecular weight excluding hydrogens is 1380 g/mol. The van der Waals surface area contributed by atoms with Crippen molar-refractivity contribution in [3.63, 3.8) is 0 Å². The van der Waals surface area contributed by atoms with Crippen LogP contribution in [0.4, 0.5) is 0 Å². The molecule has 3 N–H and O–H groups in total. The van der Waals surface area contributed by atoms with Gasteiger partial charge in [-0.2, -0.15) is 0 Å². The fourth-order valence-corrected chi connectivity index (χ4v) is 12.2. The Morgan fingerprint density at radius 3 is 0.858 bits per heavy atom. The molecule has 606 valence electrons. The molecule has 106 heavy (non-hydrogen) atoms. The van der Waals surface area contributed by atoms with E-state index in [1.807, 2.05) is 18.2 Å². The van der Waals surface area contributed by atoms with Crippen molar-refractivity contribution >= 4 is 39.5 Å². The lowest BCUT2D eigenvalue weighted by molar-refractivity contribution is -0.161. The monoisotopic (exact) mass is 1530 g/mol. The molecule has 19 heteroatoms. The van der Waals surface area contributed by atoms with Gasteiger partial charge in [-0.15, -0.1) is 0 Å². The van der Waals surface area contributed by atoms with E-state index in [-0.39, 0.29) is 25.7 Å². The van der Waals surface area contributed by atoms with Crippen LogP contribution in [-0.4, -0.2) is 96.7 Å². The third-order valence-electron chi connectivity index (χ3n) is 16.8. The topological polar surface area (TPSA) is 237 Å². The number of phosphoric ester groups is 2. The maximum absolute atomic E-state index is 13.1. The van der Waals surface area contributed by atoms with E-state index in [9.17, 15) is 43.2 Å². The molecule has 0 aromatic rings. The Morgan fingerprint density at radius 1 is 0.283 bits per heavy atom. The first-order valence-corrected chi connectivity index (χ1v) is 44.1. The lowest BCUT2D eigenvalue weighted by Gasteiger charge is -2.21. The zero-order valence-corrected chi connectivity index (χ0v) is 68.1. The average molecular weight is 1530 g/mol. The van der Waals surface area contributed by atoms with E-state index in [0.717, 1.165) is 173 Å². The van der Waals surface area contributed by atoms with Crippen molar-refractivity contribution in [2.45, 2.75) is 341 Å². The molecule has 5 atom stereocenters. The molecule has 0 rings (SSSR count). The first kappa shape index (κ1) is 101. The summed E-state index contributed by atoms with van der Waals surface area (Å²) >= 11 is 0. The van der Waals surface area contributed by atoms with Gasteiger partial charge < -0.3 is 33.8 Å². The summed E-state index contributed by atoms with van der Waals surface area (Å²) in [5.74, 6) is -2.35. The molecule has 0 heterocycles. The first-order chi connectivity index (χ1) is 51.7. The molecule has 0 aliphatic rings. The molecular formula is C87H146O17P2. The van der Waals surface area contributed by atoms with Gasteiger partial charge in [0, 0.05) is 19.3 Å². The van der Waals surface area contributed by atoms with Crippen molar-refractivity contribution in [1.82, 2.24) is 0 Å². The summed E-state index contributed by atoms with van der Waals surface area (Å²) in [6.45, 7) is 4.50. The number of carbonyl (C=O) groups is 4. The number of hydrogen-bond donors (Lipinski definition) is 3. The summed E-state index contributed by atoms with van der Waals surface area (Å²) in [6.07, 6.45) is 89.9. The predicted octanol–water partition coefficient (Wildman–Crippen LogP) is 24.2. The number of phosphoric acid groups is 2. The van der Waals surface area contributed by atoms with E-state index in [2.05, 4.69) is 149 Å². The van der Waals surface area contributed by atoms with Gasteiger partial charge in [0.25, 0.3) is 0 Å². The molecule has 0 spiro atoms. The minimum absolute atomic E-state index is 0.0713. The molecule has 0 aromatic carbocycles. The van der Waals surface area contributed by atoms with Gasteiger partial charge in [-0.3, -0.25) is 37.3 Å². The molecule has 17 nitrogen and oxygen atoms in total. The van der Waals surface area contributed by atoms with Crippen molar-refractivity contribution in [2.24, 2.45) is 0 Å². The second kappa shape index (κ2) is 78.1. The number of hydrogen-bond acceptors (Lipinski definition) is 15. The summed E-state index contributed by atoms with van der Waals surface area (Å²) in [5, 5.41) is 10.7.